The van der Waals surface area contributed by atoms with Crippen LogP contribution in [0.15, 0.2) is 53.1 Å². The molecule has 2 heterocycles. The van der Waals surface area contributed by atoms with Gasteiger partial charge in [-0.3, -0.25) is 9.48 Å². The van der Waals surface area contributed by atoms with Crippen molar-refractivity contribution in [1.29, 1.82) is 0 Å². The minimum atomic E-state index is -3.05. The number of amides is 1. The van der Waals surface area contributed by atoms with Crippen LogP contribution in [0.4, 0.5) is 19.0 Å². The van der Waals surface area contributed by atoms with E-state index in [1.165, 1.54) is 41.1 Å². The van der Waals surface area contributed by atoms with Crippen LogP contribution in [-0.2, 0) is 17.3 Å². The summed E-state index contributed by atoms with van der Waals surface area (Å²) in [4.78, 5) is 12.0. The van der Waals surface area contributed by atoms with Gasteiger partial charge in [-0.05, 0) is 35.9 Å². The van der Waals surface area contributed by atoms with Gasteiger partial charge in [0, 0.05) is 25.3 Å². The molecule has 1 aromatic carbocycles. The summed E-state index contributed by atoms with van der Waals surface area (Å²) in [5, 5.41) is 6.87. The number of halogens is 4. The molecule has 3 rings (SSSR count). The van der Waals surface area contributed by atoms with Gasteiger partial charge < -0.3 is 9.73 Å². The molecule has 0 aliphatic rings. The third kappa shape index (κ3) is 5.04. The molecule has 146 valence electrons. The number of nitrogens with zero attached hydrogens (tertiary/aromatic N) is 2. The van der Waals surface area contributed by atoms with E-state index in [2.05, 4.69) is 10.4 Å². The molecule has 1 amide bonds. The van der Waals surface area contributed by atoms with Gasteiger partial charge in [-0.1, -0.05) is 17.7 Å². The molecule has 3 aromatic rings. The number of nitrogens with one attached hydrogen (secondary N) is 1. The molecule has 0 saturated heterocycles. The van der Waals surface area contributed by atoms with Crippen molar-refractivity contribution in [1.82, 2.24) is 9.78 Å². The van der Waals surface area contributed by atoms with Crippen molar-refractivity contribution in [3.8, 4) is 0 Å². The predicted octanol–water partition coefficient (Wildman–Crippen LogP) is 5.08. The summed E-state index contributed by atoms with van der Waals surface area (Å²) in [7, 11) is 0. The number of hydrogen-bond donors (Lipinski definition) is 1. The molecule has 0 spiro atoms. The highest BCUT2D eigenvalue weighted by Crippen LogP contribution is 2.28. The number of benzene rings is 1. The molecule has 28 heavy (non-hydrogen) atoms. The average Bonchev–Trinajstić information content (AvgIpc) is 3.24. The molecule has 0 radical (unpaired) electrons. The van der Waals surface area contributed by atoms with Crippen molar-refractivity contribution in [3.63, 3.8) is 0 Å². The maximum atomic E-state index is 13.2. The van der Waals surface area contributed by atoms with Crippen LogP contribution in [0.25, 0.3) is 6.08 Å². The molecule has 1 N–H and O–H groups in total. The molecule has 5 nitrogen and oxygen atoms in total. The number of rotatable bonds is 6. The van der Waals surface area contributed by atoms with Crippen molar-refractivity contribution in [2.75, 3.05) is 5.32 Å². The number of furan rings is 1. The molecule has 0 bridgehead atoms. The summed E-state index contributed by atoms with van der Waals surface area (Å²) in [6, 6.07) is 8.05. The molecule has 0 unspecified atom stereocenters. The number of anilines is 1. The molecule has 0 fully saturated rings. The van der Waals surface area contributed by atoms with Crippen LogP contribution in [0.2, 0.25) is 5.02 Å². The van der Waals surface area contributed by atoms with E-state index in [9.17, 15) is 18.0 Å². The first kappa shape index (κ1) is 19.8. The van der Waals surface area contributed by atoms with Crippen molar-refractivity contribution < 1.29 is 22.4 Å². The smallest absolute Gasteiger partial charge is 0.301 e. The Morgan fingerprint density at radius 1 is 1.32 bits per heavy atom. The molecule has 9 heteroatoms. The Morgan fingerprint density at radius 2 is 2.11 bits per heavy atom. The summed E-state index contributed by atoms with van der Waals surface area (Å²) in [6.07, 6.45) is 4.26. The summed E-state index contributed by atoms with van der Waals surface area (Å²) in [5.74, 6) is -3.83. The third-order valence-corrected chi connectivity index (χ3v) is 4.01. The zero-order chi connectivity index (χ0) is 20.3. The van der Waals surface area contributed by atoms with Gasteiger partial charge in [0.15, 0.2) is 11.6 Å². The molecular formula is C19H15ClF3N3O2. The Bertz CT molecular complexity index is 1020. The van der Waals surface area contributed by atoms with Crippen LogP contribution in [-0.4, -0.2) is 15.7 Å². The fraction of sp³-hybridized carbons (Fsp3) is 0.158. The first-order valence-electron chi connectivity index (χ1n) is 8.15. The van der Waals surface area contributed by atoms with Gasteiger partial charge in [-0.2, -0.15) is 13.9 Å². The fourth-order valence-corrected chi connectivity index (χ4v) is 2.58. The highest BCUT2D eigenvalue weighted by atomic mass is 35.5. The molecule has 0 aliphatic carbocycles. The molecule has 0 atom stereocenters. The number of aromatic nitrogens is 2. The number of hydrogen-bond acceptors (Lipinski definition) is 3. The zero-order valence-electron chi connectivity index (χ0n) is 14.6. The van der Waals surface area contributed by atoms with Crippen LogP contribution in [0, 0.1) is 5.82 Å². The normalized spacial score (nSPS) is 11.9. The van der Waals surface area contributed by atoms with Gasteiger partial charge >= 0.3 is 5.92 Å². The Hall–Kier alpha value is -3.00. The second kappa shape index (κ2) is 7.93. The lowest BCUT2D eigenvalue weighted by Crippen LogP contribution is -2.09. The molecule has 0 saturated carbocycles. The van der Waals surface area contributed by atoms with E-state index in [0.717, 1.165) is 13.0 Å². The highest BCUT2D eigenvalue weighted by Gasteiger charge is 2.28. The SMILES string of the molecule is CC(F)(F)c1ccc(Cn2ccc(NC(=O)C=Cc3ccc(F)cc3Cl)n2)o1. The summed E-state index contributed by atoms with van der Waals surface area (Å²) in [6.45, 7) is 0.886. The quantitative estimate of drug-likeness (QED) is 0.577. The van der Waals surface area contributed by atoms with E-state index in [1.807, 2.05) is 0 Å². The van der Waals surface area contributed by atoms with E-state index < -0.39 is 23.4 Å². The van der Waals surface area contributed by atoms with Crippen molar-refractivity contribution in [2.24, 2.45) is 0 Å². The standard InChI is InChI=1S/C19H15ClF3N3O2/c1-19(22,23)16-6-5-14(28-16)11-26-9-8-17(25-26)24-18(27)7-3-12-2-4-13(21)10-15(12)20/h2-10H,11H2,1H3,(H,24,25,27). The van der Waals surface area contributed by atoms with E-state index in [1.54, 1.807) is 12.3 Å². The largest absolute Gasteiger partial charge is 0.458 e. The summed E-state index contributed by atoms with van der Waals surface area (Å²) < 4.78 is 45.9. The van der Waals surface area contributed by atoms with Crippen LogP contribution < -0.4 is 5.32 Å². The van der Waals surface area contributed by atoms with Crippen molar-refractivity contribution in [2.45, 2.75) is 19.4 Å². The second-order valence-electron chi connectivity index (χ2n) is 6.04. The van der Waals surface area contributed by atoms with Gasteiger partial charge in [-0.15, -0.1) is 0 Å². The molecular weight excluding hydrogens is 395 g/mol. The maximum Gasteiger partial charge on any atom is 0.301 e. The highest BCUT2D eigenvalue weighted by molar-refractivity contribution is 6.32. The van der Waals surface area contributed by atoms with Gasteiger partial charge in [-0.25, -0.2) is 4.39 Å². The average molecular weight is 410 g/mol. The Labute approximate surface area is 163 Å². The van der Waals surface area contributed by atoms with Gasteiger partial charge in [0.2, 0.25) is 5.91 Å². The maximum absolute atomic E-state index is 13.2. The van der Waals surface area contributed by atoms with Crippen LogP contribution in [0.3, 0.4) is 0 Å². The lowest BCUT2D eigenvalue weighted by Gasteiger charge is -2.05. The number of alkyl halides is 2. The zero-order valence-corrected chi connectivity index (χ0v) is 15.4. The van der Waals surface area contributed by atoms with Crippen LogP contribution in [0.1, 0.15) is 24.0 Å². The monoisotopic (exact) mass is 409 g/mol. The van der Waals surface area contributed by atoms with E-state index >= 15 is 0 Å². The lowest BCUT2D eigenvalue weighted by atomic mass is 10.2. The Kier molecular flexibility index (Phi) is 5.60. The third-order valence-electron chi connectivity index (χ3n) is 3.68. The van der Waals surface area contributed by atoms with E-state index in [4.69, 9.17) is 16.0 Å². The van der Waals surface area contributed by atoms with Gasteiger partial charge in [0.25, 0.3) is 0 Å². The van der Waals surface area contributed by atoms with Crippen molar-refractivity contribution >= 4 is 29.4 Å². The topological polar surface area (TPSA) is 60.1 Å². The first-order chi connectivity index (χ1) is 13.2. The Morgan fingerprint density at radius 3 is 2.79 bits per heavy atom. The second-order valence-corrected chi connectivity index (χ2v) is 6.45. The van der Waals surface area contributed by atoms with Crippen LogP contribution in [0.5, 0.6) is 0 Å². The summed E-state index contributed by atoms with van der Waals surface area (Å²) >= 11 is 5.89. The van der Waals surface area contributed by atoms with E-state index in [0.29, 0.717) is 11.3 Å². The van der Waals surface area contributed by atoms with Gasteiger partial charge in [0.1, 0.15) is 11.6 Å². The number of carbonyl (C=O) groups excluding carboxylic acids is 1. The Balaban J connectivity index is 1.60. The van der Waals surface area contributed by atoms with Crippen molar-refractivity contribution in [3.05, 3.63) is 76.6 Å². The summed E-state index contributed by atoms with van der Waals surface area (Å²) in [5.41, 5.74) is 0.491. The van der Waals surface area contributed by atoms with E-state index in [-0.39, 0.29) is 17.4 Å². The van der Waals surface area contributed by atoms with Crippen LogP contribution >= 0.6 is 11.6 Å². The first-order valence-corrected chi connectivity index (χ1v) is 8.53. The lowest BCUT2D eigenvalue weighted by molar-refractivity contribution is -0.111. The minimum absolute atomic E-state index is 0.132. The molecule has 0 aliphatic heterocycles. The van der Waals surface area contributed by atoms with Gasteiger partial charge in [0.05, 0.1) is 11.6 Å². The molecule has 2 aromatic heterocycles. The fourth-order valence-electron chi connectivity index (χ4n) is 2.34. The minimum Gasteiger partial charge on any atom is -0.458 e. The number of carbonyl (C=O) groups is 1. The predicted molar refractivity (Wildman–Crippen MR) is 98.7 cm³/mol.